The lowest BCUT2D eigenvalue weighted by molar-refractivity contribution is -0.150. The zero-order valence-electron chi connectivity index (χ0n) is 24.1. The number of methoxy groups -OCH3 is 1. The Balaban J connectivity index is 1.39. The number of esters is 1. The quantitative estimate of drug-likeness (QED) is 0.100. The number of benzene rings is 4. The van der Waals surface area contributed by atoms with Crippen molar-refractivity contribution in [1.82, 2.24) is 5.32 Å². The van der Waals surface area contributed by atoms with Gasteiger partial charge >= 0.3 is 5.97 Å². The van der Waals surface area contributed by atoms with E-state index in [1.807, 2.05) is 12.1 Å². The first kappa shape index (κ1) is 30.7. The van der Waals surface area contributed by atoms with Crippen molar-refractivity contribution >= 4 is 17.6 Å². The number of carbonyl (C=O) groups excluding carboxylic acids is 2. The average Bonchev–Trinajstić information content (AvgIpc) is 3.03. The summed E-state index contributed by atoms with van der Waals surface area (Å²) in [5.41, 5.74) is 11.3. The second-order valence-corrected chi connectivity index (χ2v) is 10.4. The highest BCUT2D eigenvalue weighted by molar-refractivity contribution is 5.94. The van der Waals surface area contributed by atoms with Crippen molar-refractivity contribution in [1.29, 1.82) is 0 Å². The number of aliphatic hydroxyl groups excluding tert-OH is 1. The molecule has 4 aromatic rings. The van der Waals surface area contributed by atoms with Gasteiger partial charge in [-0.3, -0.25) is 10.1 Å². The van der Waals surface area contributed by atoms with E-state index in [2.05, 4.69) is 95.1 Å². The lowest BCUT2D eigenvalue weighted by atomic mass is 9.76. The van der Waals surface area contributed by atoms with Gasteiger partial charge in [-0.25, -0.2) is 4.79 Å². The van der Waals surface area contributed by atoms with Gasteiger partial charge in [-0.15, -0.1) is 0 Å². The Morgan fingerprint density at radius 1 is 0.810 bits per heavy atom. The monoisotopic (exact) mass is 565 g/mol. The van der Waals surface area contributed by atoms with Gasteiger partial charge in [0.1, 0.15) is 0 Å². The summed E-state index contributed by atoms with van der Waals surface area (Å²) in [6, 6.07) is 35.3. The van der Waals surface area contributed by atoms with E-state index in [1.54, 1.807) is 24.3 Å². The number of unbranched alkanes of at least 4 members (excludes halogenated alkanes) is 1. The molecule has 0 fully saturated rings. The second kappa shape index (κ2) is 14.5. The van der Waals surface area contributed by atoms with Crippen LogP contribution in [0.2, 0.25) is 0 Å². The fraction of sp³-hybridized carbons (Fsp3) is 0.257. The van der Waals surface area contributed by atoms with Crippen molar-refractivity contribution in [2.75, 3.05) is 19.0 Å². The first-order chi connectivity index (χ1) is 20.3. The number of anilines is 1. The average molecular weight is 566 g/mol. The third kappa shape index (κ3) is 7.31. The van der Waals surface area contributed by atoms with Gasteiger partial charge in [-0.1, -0.05) is 109 Å². The fourth-order valence-electron chi connectivity index (χ4n) is 5.11. The molecule has 0 aliphatic heterocycles. The molecular formula is C35H39N3O4. The van der Waals surface area contributed by atoms with Crippen molar-refractivity contribution in [2.24, 2.45) is 5.73 Å². The van der Waals surface area contributed by atoms with Crippen LogP contribution in [0.15, 0.2) is 109 Å². The summed E-state index contributed by atoms with van der Waals surface area (Å²) >= 11 is 0. The molecule has 7 heteroatoms. The molecule has 0 aromatic heterocycles. The van der Waals surface area contributed by atoms with Crippen LogP contribution in [0.4, 0.5) is 5.69 Å². The summed E-state index contributed by atoms with van der Waals surface area (Å²) in [6.07, 6.45) is 0.749. The molecule has 0 radical (unpaired) electrons. The SMILES string of the molecule is COC(=O)C(O)c1ccc(NC(=O)[C@@H](N)CCCCNC(c2ccccc2)(c2ccccc2)c2ccc(C)cc2)cc1. The Morgan fingerprint density at radius 3 is 1.90 bits per heavy atom. The summed E-state index contributed by atoms with van der Waals surface area (Å²) in [7, 11) is 1.21. The number of aryl methyl sites for hydroxylation is 1. The van der Waals surface area contributed by atoms with Crippen LogP contribution in [0.1, 0.15) is 53.2 Å². The predicted octanol–water partition coefficient (Wildman–Crippen LogP) is 5.22. The maximum absolute atomic E-state index is 12.7. The molecule has 218 valence electrons. The maximum Gasteiger partial charge on any atom is 0.339 e. The third-order valence-corrected chi connectivity index (χ3v) is 7.49. The standard InChI is InChI=1S/C35H39N3O4/c1-25-16-20-29(21-17-25)35(27-11-5-3-6-12-27,28-13-7-4-8-14-28)37-24-10-9-15-31(36)33(40)38-30-22-18-26(19-23-30)32(39)34(41)42-2/h3-8,11-14,16-23,31-32,37,39H,9-10,15,24,36H2,1-2H3,(H,38,40)/t31-,32?/m0/s1. The van der Waals surface area contributed by atoms with Crippen LogP contribution < -0.4 is 16.4 Å². The molecule has 4 rings (SSSR count). The van der Waals surface area contributed by atoms with Gasteiger partial charge in [0, 0.05) is 5.69 Å². The number of nitrogens with one attached hydrogen (secondary N) is 2. The molecule has 1 amide bonds. The van der Waals surface area contributed by atoms with Gasteiger partial charge in [-0.2, -0.15) is 0 Å². The molecule has 0 saturated carbocycles. The molecule has 0 aliphatic rings. The van der Waals surface area contributed by atoms with Gasteiger partial charge in [0.2, 0.25) is 5.91 Å². The summed E-state index contributed by atoms with van der Waals surface area (Å²) < 4.78 is 4.56. The highest BCUT2D eigenvalue weighted by Crippen LogP contribution is 2.37. The summed E-state index contributed by atoms with van der Waals surface area (Å²) in [4.78, 5) is 24.2. The number of hydrogen-bond donors (Lipinski definition) is 4. The number of amides is 1. The van der Waals surface area contributed by atoms with Gasteiger partial charge in [0.15, 0.2) is 6.10 Å². The van der Waals surface area contributed by atoms with E-state index in [-0.39, 0.29) is 5.91 Å². The van der Waals surface area contributed by atoms with E-state index in [0.717, 1.165) is 36.1 Å². The van der Waals surface area contributed by atoms with Crippen molar-refractivity contribution in [3.05, 3.63) is 137 Å². The lowest BCUT2D eigenvalue weighted by Gasteiger charge is -2.37. The van der Waals surface area contributed by atoms with Gasteiger partial charge in [0.05, 0.1) is 18.7 Å². The van der Waals surface area contributed by atoms with Crippen molar-refractivity contribution in [2.45, 2.75) is 43.9 Å². The number of ether oxygens (including phenoxy) is 1. The van der Waals surface area contributed by atoms with E-state index in [4.69, 9.17) is 5.73 Å². The largest absolute Gasteiger partial charge is 0.467 e. The van der Waals surface area contributed by atoms with E-state index in [1.165, 1.54) is 12.7 Å². The number of nitrogens with two attached hydrogens (primary N) is 1. The molecule has 0 heterocycles. The minimum Gasteiger partial charge on any atom is -0.467 e. The Labute approximate surface area is 247 Å². The second-order valence-electron chi connectivity index (χ2n) is 10.4. The first-order valence-electron chi connectivity index (χ1n) is 14.2. The normalized spacial score (nSPS) is 12.8. The number of hydrogen-bond acceptors (Lipinski definition) is 6. The van der Waals surface area contributed by atoms with Gasteiger partial charge in [-0.05, 0) is 60.7 Å². The van der Waals surface area contributed by atoms with Crippen LogP contribution in [0.3, 0.4) is 0 Å². The van der Waals surface area contributed by atoms with Gasteiger partial charge < -0.3 is 20.9 Å². The molecule has 5 N–H and O–H groups in total. The minimum atomic E-state index is -1.37. The Bertz CT molecular complexity index is 1390. The zero-order chi connectivity index (χ0) is 30.0. The molecule has 42 heavy (non-hydrogen) atoms. The summed E-state index contributed by atoms with van der Waals surface area (Å²) in [5.74, 6) is -1.03. The topological polar surface area (TPSA) is 114 Å². The molecule has 0 aliphatic carbocycles. The summed E-state index contributed by atoms with van der Waals surface area (Å²) in [5, 5.41) is 16.6. The molecule has 2 atom stereocenters. The predicted molar refractivity (Wildman–Crippen MR) is 166 cm³/mol. The van der Waals surface area contributed by atoms with E-state index >= 15 is 0 Å². The van der Waals surface area contributed by atoms with Gasteiger partial charge in [0.25, 0.3) is 0 Å². The highest BCUT2D eigenvalue weighted by Gasteiger charge is 2.35. The van der Waals surface area contributed by atoms with E-state index in [0.29, 0.717) is 17.7 Å². The molecule has 0 bridgehead atoms. The molecule has 4 aromatic carbocycles. The smallest absolute Gasteiger partial charge is 0.339 e. The number of aliphatic hydroxyl groups is 1. The first-order valence-corrected chi connectivity index (χ1v) is 14.2. The summed E-state index contributed by atoms with van der Waals surface area (Å²) in [6.45, 7) is 2.81. The van der Waals surface area contributed by atoms with Crippen LogP contribution in [-0.2, 0) is 19.9 Å². The highest BCUT2D eigenvalue weighted by atomic mass is 16.5. The molecular weight excluding hydrogens is 526 g/mol. The molecule has 1 unspecified atom stereocenters. The third-order valence-electron chi connectivity index (χ3n) is 7.49. The number of rotatable bonds is 13. The van der Waals surface area contributed by atoms with Crippen LogP contribution >= 0.6 is 0 Å². The Hall–Kier alpha value is -4.30. The number of carbonyl (C=O) groups is 2. The van der Waals surface area contributed by atoms with Crippen LogP contribution in [0.25, 0.3) is 0 Å². The molecule has 0 saturated heterocycles. The van der Waals surface area contributed by atoms with Crippen LogP contribution in [0.5, 0.6) is 0 Å². The van der Waals surface area contributed by atoms with E-state index < -0.39 is 23.7 Å². The fourth-order valence-corrected chi connectivity index (χ4v) is 5.11. The maximum atomic E-state index is 12.7. The van der Waals surface area contributed by atoms with Crippen LogP contribution in [-0.4, -0.2) is 36.7 Å². The Kier molecular flexibility index (Phi) is 10.6. The molecule has 7 nitrogen and oxygen atoms in total. The van der Waals surface area contributed by atoms with Crippen molar-refractivity contribution in [3.8, 4) is 0 Å². The zero-order valence-corrected chi connectivity index (χ0v) is 24.1. The van der Waals surface area contributed by atoms with E-state index in [9.17, 15) is 14.7 Å². The molecule has 0 spiro atoms. The Morgan fingerprint density at radius 2 is 1.36 bits per heavy atom. The van der Waals surface area contributed by atoms with Crippen molar-refractivity contribution in [3.63, 3.8) is 0 Å². The lowest BCUT2D eigenvalue weighted by Crippen LogP contribution is -2.45. The minimum absolute atomic E-state index is 0.285. The van der Waals surface area contributed by atoms with Crippen molar-refractivity contribution < 1.29 is 19.4 Å². The van der Waals surface area contributed by atoms with Crippen LogP contribution in [0, 0.1) is 6.92 Å².